The monoisotopic (exact) mass is 242 g/mol. The minimum atomic E-state index is -1.13. The maximum Gasteiger partial charge on any atom is 0.0501 e. The number of carboxylic acids is 1. The molecule has 70 valence electrons. The third-order valence-electron chi connectivity index (χ3n) is 1.79. The highest BCUT2D eigenvalue weighted by Gasteiger charge is 2.09. The van der Waals surface area contributed by atoms with Crippen LogP contribution in [0.3, 0.4) is 0 Å². The number of aliphatic carboxylic acids is 1. The number of carbonyl (C=O) groups excluding carboxylic acids is 1. The molecule has 0 radical (unpaired) electrons. The lowest BCUT2D eigenvalue weighted by Gasteiger charge is -2.15. The van der Waals surface area contributed by atoms with Crippen LogP contribution in [0.1, 0.15) is 11.5 Å². The first-order chi connectivity index (χ1) is 6.15. The van der Waals surface area contributed by atoms with Crippen molar-refractivity contribution in [2.24, 2.45) is 5.73 Å². The fourth-order valence-corrected chi connectivity index (χ4v) is 1.33. The molecule has 0 aliphatic heterocycles. The van der Waals surface area contributed by atoms with Crippen LogP contribution < -0.4 is 10.8 Å². The van der Waals surface area contributed by atoms with Crippen LogP contribution in [0.15, 0.2) is 28.7 Å². The number of hydrogen-bond acceptors (Lipinski definition) is 3. The molecule has 0 saturated heterocycles. The highest BCUT2D eigenvalue weighted by atomic mass is 79.9. The molecule has 0 aromatic heterocycles. The van der Waals surface area contributed by atoms with E-state index in [1.54, 1.807) is 24.3 Å². The van der Waals surface area contributed by atoms with Gasteiger partial charge in [0.1, 0.15) is 0 Å². The minimum absolute atomic E-state index is 0.0595. The van der Waals surface area contributed by atoms with Crippen LogP contribution in [-0.4, -0.2) is 12.5 Å². The van der Waals surface area contributed by atoms with Gasteiger partial charge >= 0.3 is 0 Å². The number of rotatable bonds is 3. The summed E-state index contributed by atoms with van der Waals surface area (Å²) in [5.41, 5.74) is 5.98. The summed E-state index contributed by atoms with van der Waals surface area (Å²) in [5.74, 6) is -1.85. The summed E-state index contributed by atoms with van der Waals surface area (Å²) in [5, 5.41) is 10.6. The van der Waals surface area contributed by atoms with Crippen molar-refractivity contribution in [3.63, 3.8) is 0 Å². The Morgan fingerprint density at radius 2 is 2.00 bits per heavy atom. The van der Waals surface area contributed by atoms with E-state index in [9.17, 15) is 9.90 Å². The quantitative estimate of drug-likeness (QED) is 0.826. The second kappa shape index (κ2) is 4.39. The Labute approximate surface area is 84.7 Å². The Morgan fingerprint density at radius 3 is 2.38 bits per heavy atom. The second-order valence-electron chi connectivity index (χ2n) is 2.66. The summed E-state index contributed by atoms with van der Waals surface area (Å²) in [4.78, 5) is 10.6. The van der Waals surface area contributed by atoms with Crippen LogP contribution in [0.2, 0.25) is 0 Å². The van der Waals surface area contributed by atoms with Crippen LogP contribution in [-0.2, 0) is 4.79 Å². The van der Waals surface area contributed by atoms with Gasteiger partial charge in [0.15, 0.2) is 0 Å². The van der Waals surface area contributed by atoms with E-state index in [-0.39, 0.29) is 6.54 Å². The molecule has 13 heavy (non-hydrogen) atoms. The smallest absolute Gasteiger partial charge is 0.0501 e. The Kier molecular flexibility index (Phi) is 3.45. The molecule has 0 amide bonds. The number of hydrogen-bond donors (Lipinski definition) is 1. The number of halogens is 1. The molecule has 0 spiro atoms. The minimum Gasteiger partial charge on any atom is -0.549 e. The van der Waals surface area contributed by atoms with Crippen molar-refractivity contribution < 1.29 is 9.90 Å². The third kappa shape index (κ3) is 2.54. The van der Waals surface area contributed by atoms with Crippen LogP contribution in [0, 0.1) is 0 Å². The summed E-state index contributed by atoms with van der Waals surface area (Å²) in [6.07, 6.45) is 0. The summed E-state index contributed by atoms with van der Waals surface area (Å²) in [6.45, 7) is 0.0595. The van der Waals surface area contributed by atoms with Gasteiger partial charge < -0.3 is 15.6 Å². The van der Waals surface area contributed by atoms with Gasteiger partial charge in [0.2, 0.25) is 0 Å². The van der Waals surface area contributed by atoms with E-state index in [2.05, 4.69) is 15.9 Å². The molecule has 1 unspecified atom stereocenters. The fourth-order valence-electron chi connectivity index (χ4n) is 1.06. The summed E-state index contributed by atoms with van der Waals surface area (Å²) >= 11 is 3.26. The van der Waals surface area contributed by atoms with Crippen molar-refractivity contribution in [3.05, 3.63) is 34.3 Å². The number of carbonyl (C=O) groups is 1. The van der Waals surface area contributed by atoms with Gasteiger partial charge in [-0.2, -0.15) is 0 Å². The van der Waals surface area contributed by atoms with E-state index in [1.807, 2.05) is 0 Å². The number of benzene rings is 1. The highest BCUT2D eigenvalue weighted by molar-refractivity contribution is 9.10. The molecular weight excluding hydrogens is 234 g/mol. The summed E-state index contributed by atoms with van der Waals surface area (Å²) in [6, 6.07) is 7.00. The fraction of sp³-hybridized carbons (Fsp3) is 0.222. The predicted octanol–water partition coefficient (Wildman–Crippen LogP) is 0.241. The van der Waals surface area contributed by atoms with E-state index < -0.39 is 11.9 Å². The van der Waals surface area contributed by atoms with Gasteiger partial charge in [0.25, 0.3) is 0 Å². The van der Waals surface area contributed by atoms with Gasteiger partial charge in [-0.25, -0.2) is 0 Å². The maximum absolute atomic E-state index is 10.6. The van der Waals surface area contributed by atoms with Crippen LogP contribution >= 0.6 is 15.9 Å². The topological polar surface area (TPSA) is 66.2 Å². The molecule has 0 bridgehead atoms. The maximum atomic E-state index is 10.6. The molecule has 0 saturated carbocycles. The molecule has 0 aliphatic rings. The molecule has 4 heteroatoms. The number of nitrogens with two attached hydrogens (primary N) is 1. The molecular formula is C9H9BrNO2-. The third-order valence-corrected chi connectivity index (χ3v) is 2.32. The Hall–Kier alpha value is -0.870. The van der Waals surface area contributed by atoms with Crippen molar-refractivity contribution in [2.45, 2.75) is 5.92 Å². The average molecular weight is 243 g/mol. The first-order valence-electron chi connectivity index (χ1n) is 3.81. The van der Waals surface area contributed by atoms with Gasteiger partial charge in [-0.1, -0.05) is 28.1 Å². The second-order valence-corrected chi connectivity index (χ2v) is 3.57. The van der Waals surface area contributed by atoms with Gasteiger partial charge in [-0.3, -0.25) is 0 Å². The molecule has 2 N–H and O–H groups in total. The molecule has 0 fully saturated rings. The standard InChI is InChI=1S/C9H10BrNO2/c10-7-3-1-6(2-4-7)8(5-11)9(12)13/h1-4,8H,5,11H2,(H,12,13)/p-1. The van der Waals surface area contributed by atoms with Gasteiger partial charge in [-0.15, -0.1) is 0 Å². The highest BCUT2D eigenvalue weighted by Crippen LogP contribution is 2.17. The lowest BCUT2D eigenvalue weighted by molar-refractivity contribution is -0.307. The first kappa shape index (κ1) is 10.2. The van der Waals surface area contributed by atoms with E-state index >= 15 is 0 Å². The van der Waals surface area contributed by atoms with Crippen molar-refractivity contribution in [2.75, 3.05) is 6.54 Å². The lowest BCUT2D eigenvalue weighted by atomic mass is 10.00. The molecule has 1 aromatic rings. The van der Waals surface area contributed by atoms with Crippen molar-refractivity contribution in [1.82, 2.24) is 0 Å². The van der Waals surface area contributed by atoms with Crippen LogP contribution in [0.25, 0.3) is 0 Å². The van der Waals surface area contributed by atoms with E-state index in [0.717, 1.165) is 4.47 Å². The lowest BCUT2D eigenvalue weighted by Crippen LogP contribution is -2.34. The zero-order chi connectivity index (χ0) is 9.84. The molecule has 1 rings (SSSR count). The average Bonchev–Trinajstić information content (AvgIpc) is 2.09. The van der Waals surface area contributed by atoms with E-state index in [1.165, 1.54) is 0 Å². The zero-order valence-corrected chi connectivity index (χ0v) is 8.45. The Balaban J connectivity index is 2.92. The molecule has 1 aromatic carbocycles. The van der Waals surface area contributed by atoms with E-state index in [4.69, 9.17) is 5.73 Å². The predicted molar refractivity (Wildman–Crippen MR) is 50.9 cm³/mol. The molecule has 0 aliphatic carbocycles. The number of carboxylic acid groups (broad SMARTS) is 1. The van der Waals surface area contributed by atoms with Crippen molar-refractivity contribution >= 4 is 21.9 Å². The molecule has 0 heterocycles. The Morgan fingerprint density at radius 1 is 1.46 bits per heavy atom. The molecule has 3 nitrogen and oxygen atoms in total. The van der Waals surface area contributed by atoms with Gasteiger partial charge in [-0.05, 0) is 17.7 Å². The normalized spacial score (nSPS) is 12.5. The molecule has 1 atom stereocenters. The van der Waals surface area contributed by atoms with Crippen molar-refractivity contribution in [1.29, 1.82) is 0 Å². The summed E-state index contributed by atoms with van der Waals surface area (Å²) in [7, 11) is 0. The first-order valence-corrected chi connectivity index (χ1v) is 4.61. The van der Waals surface area contributed by atoms with Crippen molar-refractivity contribution in [3.8, 4) is 0 Å². The summed E-state index contributed by atoms with van der Waals surface area (Å²) < 4.78 is 0.908. The largest absolute Gasteiger partial charge is 0.549 e. The zero-order valence-electron chi connectivity index (χ0n) is 6.87. The Bertz CT molecular complexity index is 297. The van der Waals surface area contributed by atoms with E-state index in [0.29, 0.717) is 5.56 Å². The van der Waals surface area contributed by atoms with Gasteiger partial charge in [0, 0.05) is 16.9 Å². The van der Waals surface area contributed by atoms with Crippen LogP contribution in [0.5, 0.6) is 0 Å². The SMILES string of the molecule is NCC(C(=O)[O-])c1ccc(Br)cc1. The van der Waals surface area contributed by atoms with Gasteiger partial charge in [0.05, 0.1) is 5.97 Å². The van der Waals surface area contributed by atoms with Crippen LogP contribution in [0.4, 0.5) is 0 Å².